The number of fused-ring (bicyclic) bond motifs is 1. The molecule has 0 atom stereocenters. The molecule has 3 rings (SSSR count). The number of rotatable bonds is 5. The van der Waals surface area contributed by atoms with Gasteiger partial charge in [-0.05, 0) is 48.4 Å². The van der Waals surface area contributed by atoms with Crippen LogP contribution < -0.4 is 0 Å². The highest BCUT2D eigenvalue weighted by Crippen LogP contribution is 2.26. The maximum atomic E-state index is 10.7. The number of imidazole rings is 1. The third-order valence-corrected chi connectivity index (χ3v) is 3.81. The number of allylic oxidation sites excluding steroid dienone is 3. The second-order valence-electron chi connectivity index (χ2n) is 5.39. The van der Waals surface area contributed by atoms with Crippen molar-refractivity contribution in [3.8, 4) is 5.69 Å². The molecule has 3 nitrogen and oxygen atoms in total. The van der Waals surface area contributed by atoms with E-state index in [1.807, 2.05) is 43.3 Å². The van der Waals surface area contributed by atoms with Gasteiger partial charge in [0, 0.05) is 5.69 Å². The zero-order valence-corrected chi connectivity index (χ0v) is 13.5. The van der Waals surface area contributed by atoms with Crippen LogP contribution in [0.5, 0.6) is 0 Å². The lowest BCUT2D eigenvalue weighted by atomic mass is 10.0. The normalized spacial score (nSPS) is 11.5. The standard InChI is InChI=1S/C21H18N2O/c1-3-4-9-18-15-21-20(14-17(18)10-8-13-24)22-16(2)23(21)19-11-6-5-7-12-19/h3-15H,1H2,2H3/b9-4-,10-8-. The number of hydrogen-bond donors (Lipinski definition) is 0. The second-order valence-corrected chi connectivity index (χ2v) is 5.39. The van der Waals surface area contributed by atoms with Crippen LogP contribution in [-0.4, -0.2) is 15.8 Å². The number of aryl methyl sites for hydroxylation is 1. The van der Waals surface area contributed by atoms with Gasteiger partial charge in [-0.2, -0.15) is 0 Å². The van der Waals surface area contributed by atoms with E-state index in [4.69, 9.17) is 0 Å². The van der Waals surface area contributed by atoms with Crippen molar-refractivity contribution in [2.75, 3.05) is 0 Å². The number of aldehydes is 1. The number of hydrogen-bond acceptors (Lipinski definition) is 2. The molecule has 0 unspecified atom stereocenters. The molecule has 0 spiro atoms. The summed E-state index contributed by atoms with van der Waals surface area (Å²) in [7, 11) is 0. The van der Waals surface area contributed by atoms with E-state index in [0.717, 1.165) is 40.0 Å². The first-order valence-electron chi connectivity index (χ1n) is 7.74. The van der Waals surface area contributed by atoms with E-state index in [0.29, 0.717) is 0 Å². The fourth-order valence-electron chi connectivity index (χ4n) is 2.78. The Hall–Kier alpha value is -3.20. The van der Waals surface area contributed by atoms with Gasteiger partial charge < -0.3 is 0 Å². The highest BCUT2D eigenvalue weighted by Gasteiger charge is 2.11. The molecule has 0 amide bonds. The molecule has 1 aromatic heterocycles. The predicted octanol–water partition coefficient (Wildman–Crippen LogP) is 4.75. The van der Waals surface area contributed by atoms with Crippen LogP contribution >= 0.6 is 0 Å². The van der Waals surface area contributed by atoms with Crippen LogP contribution in [0, 0.1) is 6.92 Å². The van der Waals surface area contributed by atoms with Crippen molar-refractivity contribution < 1.29 is 4.79 Å². The Balaban J connectivity index is 2.27. The molecule has 24 heavy (non-hydrogen) atoms. The number of aromatic nitrogens is 2. The summed E-state index contributed by atoms with van der Waals surface area (Å²) in [4.78, 5) is 15.3. The Bertz CT molecular complexity index is 947. The SMILES string of the molecule is C=C/C=C\c1cc2c(cc1/C=C\C=O)nc(C)n2-c1ccccc1. The Morgan fingerprint density at radius 3 is 2.46 bits per heavy atom. The molecular weight excluding hydrogens is 296 g/mol. The summed E-state index contributed by atoms with van der Waals surface area (Å²) in [5.41, 5.74) is 4.97. The maximum absolute atomic E-state index is 10.7. The van der Waals surface area contributed by atoms with E-state index in [1.165, 1.54) is 6.08 Å². The average molecular weight is 314 g/mol. The summed E-state index contributed by atoms with van der Waals surface area (Å²) in [6.45, 7) is 5.71. The number of benzene rings is 2. The van der Waals surface area contributed by atoms with E-state index in [9.17, 15) is 4.79 Å². The van der Waals surface area contributed by atoms with Gasteiger partial charge in [-0.15, -0.1) is 0 Å². The van der Waals surface area contributed by atoms with Gasteiger partial charge in [0.1, 0.15) is 12.1 Å². The smallest absolute Gasteiger partial charge is 0.142 e. The van der Waals surface area contributed by atoms with Crippen molar-refractivity contribution in [2.45, 2.75) is 6.92 Å². The first-order valence-corrected chi connectivity index (χ1v) is 7.74. The fourth-order valence-corrected chi connectivity index (χ4v) is 2.78. The molecule has 3 heteroatoms. The largest absolute Gasteiger partial charge is 0.299 e. The van der Waals surface area contributed by atoms with Crippen molar-refractivity contribution in [3.05, 3.63) is 84.2 Å². The molecule has 0 N–H and O–H groups in total. The molecule has 0 fully saturated rings. The van der Waals surface area contributed by atoms with Crippen molar-refractivity contribution in [1.29, 1.82) is 0 Å². The van der Waals surface area contributed by atoms with Crippen molar-refractivity contribution >= 4 is 29.5 Å². The molecule has 0 aliphatic carbocycles. The highest BCUT2D eigenvalue weighted by atomic mass is 16.1. The highest BCUT2D eigenvalue weighted by molar-refractivity contribution is 5.87. The van der Waals surface area contributed by atoms with E-state index >= 15 is 0 Å². The van der Waals surface area contributed by atoms with Gasteiger partial charge >= 0.3 is 0 Å². The van der Waals surface area contributed by atoms with Crippen LogP contribution in [0.3, 0.4) is 0 Å². The molecule has 0 aliphatic rings. The van der Waals surface area contributed by atoms with Crippen LogP contribution in [0.2, 0.25) is 0 Å². The van der Waals surface area contributed by atoms with Gasteiger partial charge in [-0.1, -0.05) is 49.1 Å². The van der Waals surface area contributed by atoms with Crippen LogP contribution in [0.4, 0.5) is 0 Å². The van der Waals surface area contributed by atoms with Gasteiger partial charge in [0.05, 0.1) is 11.0 Å². The number of carbonyl (C=O) groups excluding carboxylic acids is 1. The van der Waals surface area contributed by atoms with E-state index < -0.39 is 0 Å². The third-order valence-electron chi connectivity index (χ3n) is 3.81. The van der Waals surface area contributed by atoms with E-state index in [-0.39, 0.29) is 0 Å². The van der Waals surface area contributed by atoms with Gasteiger partial charge in [-0.3, -0.25) is 9.36 Å². The van der Waals surface area contributed by atoms with Gasteiger partial charge in [-0.25, -0.2) is 4.98 Å². The molecule has 1 heterocycles. The molecule has 0 saturated heterocycles. The first kappa shape index (κ1) is 15.7. The van der Waals surface area contributed by atoms with Gasteiger partial charge in [0.15, 0.2) is 0 Å². The van der Waals surface area contributed by atoms with Gasteiger partial charge in [0.2, 0.25) is 0 Å². The summed E-state index contributed by atoms with van der Waals surface area (Å²) in [5.74, 6) is 0.923. The lowest BCUT2D eigenvalue weighted by Gasteiger charge is -2.08. The summed E-state index contributed by atoms with van der Waals surface area (Å²) in [6.07, 6.45) is 9.67. The summed E-state index contributed by atoms with van der Waals surface area (Å²) in [5, 5.41) is 0. The molecular formula is C21H18N2O. The predicted molar refractivity (Wildman–Crippen MR) is 100 cm³/mol. The van der Waals surface area contributed by atoms with Crippen LogP contribution in [-0.2, 0) is 4.79 Å². The van der Waals surface area contributed by atoms with Crippen LogP contribution in [0.25, 0.3) is 28.9 Å². The Labute approximate surface area is 141 Å². The zero-order valence-electron chi connectivity index (χ0n) is 13.5. The minimum Gasteiger partial charge on any atom is -0.299 e. The first-order chi connectivity index (χ1) is 11.7. The van der Waals surface area contributed by atoms with Crippen LogP contribution in [0.1, 0.15) is 17.0 Å². The maximum Gasteiger partial charge on any atom is 0.142 e. The molecule has 2 aromatic carbocycles. The lowest BCUT2D eigenvalue weighted by molar-refractivity contribution is -0.104. The molecule has 0 radical (unpaired) electrons. The molecule has 3 aromatic rings. The quantitative estimate of drug-likeness (QED) is 0.387. The van der Waals surface area contributed by atoms with Crippen molar-refractivity contribution in [2.24, 2.45) is 0 Å². The van der Waals surface area contributed by atoms with Crippen molar-refractivity contribution in [1.82, 2.24) is 9.55 Å². The number of carbonyl (C=O) groups is 1. The number of nitrogens with zero attached hydrogens (tertiary/aromatic N) is 2. The summed E-state index contributed by atoms with van der Waals surface area (Å²) < 4.78 is 2.13. The molecule has 0 saturated carbocycles. The summed E-state index contributed by atoms with van der Waals surface area (Å²) >= 11 is 0. The minimum absolute atomic E-state index is 0.777. The molecule has 0 aliphatic heterocycles. The Kier molecular flexibility index (Phi) is 4.52. The number of para-hydroxylation sites is 1. The monoisotopic (exact) mass is 314 g/mol. The summed E-state index contributed by atoms with van der Waals surface area (Å²) in [6, 6.07) is 14.2. The van der Waals surface area contributed by atoms with Crippen LogP contribution in [0.15, 0.2) is 67.3 Å². The Morgan fingerprint density at radius 1 is 1.04 bits per heavy atom. The lowest BCUT2D eigenvalue weighted by Crippen LogP contribution is -1.96. The van der Waals surface area contributed by atoms with E-state index in [1.54, 1.807) is 12.2 Å². The Morgan fingerprint density at radius 2 is 1.75 bits per heavy atom. The fraction of sp³-hybridized carbons (Fsp3) is 0.0476. The van der Waals surface area contributed by atoms with Gasteiger partial charge in [0.25, 0.3) is 0 Å². The average Bonchev–Trinajstić information content (AvgIpc) is 2.93. The zero-order chi connectivity index (χ0) is 16.9. The topological polar surface area (TPSA) is 34.9 Å². The molecule has 0 bridgehead atoms. The second kappa shape index (κ2) is 6.92. The molecule has 118 valence electrons. The third kappa shape index (κ3) is 2.97. The minimum atomic E-state index is 0.777. The van der Waals surface area contributed by atoms with E-state index in [2.05, 4.69) is 34.3 Å². The van der Waals surface area contributed by atoms with Crippen molar-refractivity contribution in [3.63, 3.8) is 0 Å².